The molecule has 0 aliphatic carbocycles. The van der Waals surface area contributed by atoms with E-state index in [2.05, 4.69) is 27.9 Å². The number of carbonyl (C=O) groups excluding carboxylic acids is 1. The SMILES string of the molecule is CCC(SC)C(=O)N1CCN(Cc2nc3ccccc3[nH]2)CC1. The van der Waals surface area contributed by atoms with Gasteiger partial charge in [-0.05, 0) is 24.8 Å². The molecule has 0 radical (unpaired) electrons. The molecule has 1 fully saturated rings. The third kappa shape index (κ3) is 3.70. The first-order valence-electron chi connectivity index (χ1n) is 8.18. The van der Waals surface area contributed by atoms with Crippen LogP contribution in [0.2, 0.25) is 0 Å². The molecule has 0 bridgehead atoms. The molecular weight excluding hydrogens is 308 g/mol. The number of H-pyrrole nitrogens is 1. The van der Waals surface area contributed by atoms with E-state index in [-0.39, 0.29) is 5.25 Å². The van der Waals surface area contributed by atoms with E-state index < -0.39 is 0 Å². The number of hydrogen-bond donors (Lipinski definition) is 1. The average Bonchev–Trinajstić information content (AvgIpc) is 2.98. The van der Waals surface area contributed by atoms with Gasteiger partial charge >= 0.3 is 0 Å². The molecular formula is C17H24N4OS. The summed E-state index contributed by atoms with van der Waals surface area (Å²) in [5, 5.41) is 0.108. The van der Waals surface area contributed by atoms with Crippen LogP contribution >= 0.6 is 11.8 Å². The van der Waals surface area contributed by atoms with Gasteiger partial charge in [-0.2, -0.15) is 11.8 Å². The van der Waals surface area contributed by atoms with Gasteiger partial charge in [-0.3, -0.25) is 9.69 Å². The van der Waals surface area contributed by atoms with Crippen molar-refractivity contribution < 1.29 is 4.79 Å². The number of thioether (sulfide) groups is 1. The minimum Gasteiger partial charge on any atom is -0.341 e. The molecule has 124 valence electrons. The fourth-order valence-corrected chi connectivity index (χ4v) is 3.75. The number of nitrogens with one attached hydrogen (secondary N) is 1. The predicted molar refractivity (Wildman–Crippen MR) is 95.5 cm³/mol. The quantitative estimate of drug-likeness (QED) is 0.913. The van der Waals surface area contributed by atoms with Crippen molar-refractivity contribution in [3.8, 4) is 0 Å². The largest absolute Gasteiger partial charge is 0.341 e. The Bertz CT molecular complexity index is 626. The Morgan fingerprint density at radius 3 is 2.70 bits per heavy atom. The normalized spacial score (nSPS) is 17.6. The minimum absolute atomic E-state index is 0.108. The van der Waals surface area contributed by atoms with Crippen molar-refractivity contribution in [2.45, 2.75) is 25.1 Å². The second kappa shape index (κ2) is 7.36. The Hall–Kier alpha value is -1.53. The number of aromatic amines is 1. The summed E-state index contributed by atoms with van der Waals surface area (Å²) in [4.78, 5) is 24.8. The van der Waals surface area contributed by atoms with Crippen LogP contribution in [-0.4, -0.2) is 63.4 Å². The highest BCUT2D eigenvalue weighted by atomic mass is 32.2. The number of nitrogens with zero attached hydrogens (tertiary/aromatic N) is 3. The molecule has 1 unspecified atom stereocenters. The van der Waals surface area contributed by atoms with Crippen LogP contribution in [0.15, 0.2) is 24.3 Å². The van der Waals surface area contributed by atoms with Crippen LogP contribution in [0.5, 0.6) is 0 Å². The molecule has 1 amide bonds. The fourth-order valence-electron chi connectivity index (χ4n) is 3.06. The molecule has 1 aliphatic heterocycles. The zero-order chi connectivity index (χ0) is 16.2. The molecule has 1 saturated heterocycles. The molecule has 1 aliphatic rings. The lowest BCUT2D eigenvalue weighted by atomic mass is 10.2. The molecule has 2 aromatic rings. The van der Waals surface area contributed by atoms with Crippen molar-refractivity contribution in [1.29, 1.82) is 0 Å². The summed E-state index contributed by atoms with van der Waals surface area (Å²) in [6, 6.07) is 8.10. The standard InChI is InChI=1S/C17H24N4OS/c1-3-15(23-2)17(22)21-10-8-20(9-11-21)12-16-18-13-6-4-5-7-14(13)19-16/h4-7,15H,3,8-12H2,1-2H3,(H,18,19). The number of fused-ring (bicyclic) bond motifs is 1. The van der Waals surface area contributed by atoms with Gasteiger partial charge in [0.2, 0.25) is 5.91 Å². The number of rotatable bonds is 5. The van der Waals surface area contributed by atoms with Crippen molar-refractivity contribution in [3.05, 3.63) is 30.1 Å². The van der Waals surface area contributed by atoms with Crippen LogP contribution in [0, 0.1) is 0 Å². The summed E-state index contributed by atoms with van der Waals surface area (Å²) >= 11 is 1.66. The monoisotopic (exact) mass is 332 g/mol. The molecule has 3 rings (SSSR count). The van der Waals surface area contributed by atoms with Gasteiger partial charge in [0.05, 0.1) is 22.8 Å². The number of para-hydroxylation sites is 2. The Balaban J connectivity index is 1.55. The number of hydrogen-bond acceptors (Lipinski definition) is 4. The van der Waals surface area contributed by atoms with E-state index in [1.807, 2.05) is 29.4 Å². The van der Waals surface area contributed by atoms with Crippen molar-refractivity contribution in [1.82, 2.24) is 19.8 Å². The summed E-state index contributed by atoms with van der Waals surface area (Å²) in [5.41, 5.74) is 2.10. The Kier molecular flexibility index (Phi) is 5.23. The number of piperazine rings is 1. The highest BCUT2D eigenvalue weighted by molar-refractivity contribution is 7.99. The van der Waals surface area contributed by atoms with E-state index in [1.165, 1.54) is 0 Å². The molecule has 0 saturated carbocycles. The van der Waals surface area contributed by atoms with E-state index in [0.717, 1.165) is 56.0 Å². The van der Waals surface area contributed by atoms with Crippen molar-refractivity contribution >= 4 is 28.7 Å². The lowest BCUT2D eigenvalue weighted by Crippen LogP contribution is -2.50. The van der Waals surface area contributed by atoms with Gasteiger partial charge in [0.15, 0.2) is 0 Å². The molecule has 1 atom stereocenters. The third-order valence-electron chi connectivity index (χ3n) is 4.43. The van der Waals surface area contributed by atoms with Crippen LogP contribution in [0.25, 0.3) is 11.0 Å². The topological polar surface area (TPSA) is 52.2 Å². The summed E-state index contributed by atoms with van der Waals surface area (Å²) in [6.07, 6.45) is 2.92. The number of carbonyl (C=O) groups is 1. The molecule has 1 aromatic carbocycles. The molecule has 23 heavy (non-hydrogen) atoms. The molecule has 6 heteroatoms. The van der Waals surface area contributed by atoms with Crippen molar-refractivity contribution in [2.24, 2.45) is 0 Å². The summed E-state index contributed by atoms with van der Waals surface area (Å²) in [5.74, 6) is 1.30. The van der Waals surface area contributed by atoms with Gasteiger partial charge in [-0.15, -0.1) is 0 Å². The van der Waals surface area contributed by atoms with E-state index >= 15 is 0 Å². The highest BCUT2D eigenvalue weighted by Crippen LogP contribution is 2.17. The van der Waals surface area contributed by atoms with Gasteiger partial charge in [0, 0.05) is 26.2 Å². The van der Waals surface area contributed by atoms with Crippen LogP contribution < -0.4 is 0 Å². The zero-order valence-electron chi connectivity index (χ0n) is 13.8. The first-order chi connectivity index (χ1) is 11.2. The lowest BCUT2D eigenvalue weighted by molar-refractivity contribution is -0.132. The lowest BCUT2D eigenvalue weighted by Gasteiger charge is -2.35. The smallest absolute Gasteiger partial charge is 0.235 e. The van der Waals surface area contributed by atoms with Gasteiger partial charge in [-0.25, -0.2) is 4.98 Å². The summed E-state index contributed by atoms with van der Waals surface area (Å²) in [6.45, 7) is 6.35. The van der Waals surface area contributed by atoms with Crippen molar-refractivity contribution in [2.75, 3.05) is 32.4 Å². The summed E-state index contributed by atoms with van der Waals surface area (Å²) < 4.78 is 0. The first kappa shape index (κ1) is 16.3. The zero-order valence-corrected chi connectivity index (χ0v) is 14.6. The molecule has 1 N–H and O–H groups in total. The molecule has 1 aromatic heterocycles. The maximum absolute atomic E-state index is 12.4. The van der Waals surface area contributed by atoms with E-state index in [1.54, 1.807) is 11.8 Å². The Morgan fingerprint density at radius 1 is 1.30 bits per heavy atom. The number of benzene rings is 1. The molecule has 5 nitrogen and oxygen atoms in total. The number of aromatic nitrogens is 2. The predicted octanol–water partition coefficient (Wildman–Crippen LogP) is 2.35. The van der Waals surface area contributed by atoms with Crippen molar-refractivity contribution in [3.63, 3.8) is 0 Å². The average molecular weight is 332 g/mol. The van der Waals surface area contributed by atoms with E-state index in [4.69, 9.17) is 0 Å². The maximum Gasteiger partial charge on any atom is 0.235 e. The van der Waals surface area contributed by atoms with Crippen LogP contribution in [0.4, 0.5) is 0 Å². The second-order valence-corrected chi connectivity index (χ2v) is 6.98. The van der Waals surface area contributed by atoms with Gasteiger partial charge in [0.1, 0.15) is 5.82 Å². The fraction of sp³-hybridized carbons (Fsp3) is 0.529. The van der Waals surface area contributed by atoms with Crippen LogP contribution in [0.3, 0.4) is 0 Å². The minimum atomic E-state index is 0.108. The maximum atomic E-state index is 12.4. The van der Waals surface area contributed by atoms with Gasteiger partial charge in [0.25, 0.3) is 0 Å². The van der Waals surface area contributed by atoms with E-state index in [9.17, 15) is 4.79 Å². The Labute approximate surface area is 141 Å². The second-order valence-electron chi connectivity index (χ2n) is 5.93. The highest BCUT2D eigenvalue weighted by Gasteiger charge is 2.26. The van der Waals surface area contributed by atoms with E-state index in [0.29, 0.717) is 5.91 Å². The first-order valence-corrected chi connectivity index (χ1v) is 9.47. The molecule has 2 heterocycles. The third-order valence-corrected chi connectivity index (χ3v) is 5.53. The van der Waals surface area contributed by atoms with Gasteiger partial charge < -0.3 is 9.88 Å². The number of amides is 1. The molecule has 0 spiro atoms. The Morgan fingerprint density at radius 2 is 2.04 bits per heavy atom. The van der Waals surface area contributed by atoms with Crippen LogP contribution in [0.1, 0.15) is 19.2 Å². The van der Waals surface area contributed by atoms with Gasteiger partial charge in [-0.1, -0.05) is 19.1 Å². The van der Waals surface area contributed by atoms with Crippen LogP contribution in [-0.2, 0) is 11.3 Å². The summed E-state index contributed by atoms with van der Waals surface area (Å²) in [7, 11) is 0. The number of imidazole rings is 1.